The van der Waals surface area contributed by atoms with Crippen LogP contribution in [0.15, 0.2) is 22.7 Å². The van der Waals surface area contributed by atoms with E-state index >= 15 is 0 Å². The molecular formula is C13H18BrNO. The Morgan fingerprint density at radius 2 is 2.06 bits per heavy atom. The lowest BCUT2D eigenvalue weighted by Gasteiger charge is -2.27. The summed E-state index contributed by atoms with van der Waals surface area (Å²) in [5, 5.41) is 2.88. The first-order valence-electron chi connectivity index (χ1n) is 5.34. The van der Waals surface area contributed by atoms with Crippen LogP contribution in [0, 0.1) is 6.92 Å². The molecule has 0 aromatic heterocycles. The molecule has 0 aliphatic heterocycles. The maximum atomic E-state index is 11.0. The monoisotopic (exact) mass is 283 g/mol. The fraction of sp³-hybridized carbons (Fsp3) is 0.462. The first-order valence-corrected chi connectivity index (χ1v) is 6.13. The molecule has 1 N–H and O–H groups in total. The van der Waals surface area contributed by atoms with Gasteiger partial charge in [-0.1, -0.05) is 35.8 Å². The average Bonchev–Trinajstić information content (AvgIpc) is 2.19. The van der Waals surface area contributed by atoms with Gasteiger partial charge in [-0.05, 0) is 30.2 Å². The summed E-state index contributed by atoms with van der Waals surface area (Å²) in [6, 6.07) is 6.25. The van der Waals surface area contributed by atoms with Crippen LogP contribution >= 0.6 is 15.9 Å². The lowest BCUT2D eigenvalue weighted by atomic mass is 9.82. The normalized spacial score (nSPS) is 11.3. The number of carbonyl (C=O) groups excluding carboxylic acids is 1. The van der Waals surface area contributed by atoms with Crippen LogP contribution in [0.5, 0.6) is 0 Å². The molecule has 0 saturated carbocycles. The first kappa shape index (κ1) is 13.2. The molecule has 0 fully saturated rings. The van der Waals surface area contributed by atoms with Crippen molar-refractivity contribution in [3.05, 3.63) is 33.8 Å². The van der Waals surface area contributed by atoms with Crippen molar-refractivity contribution in [3.63, 3.8) is 0 Å². The van der Waals surface area contributed by atoms with E-state index < -0.39 is 0 Å². The standard InChI is InChI=1S/C13H18BrNO/c1-9-5-6-11(14)7-12(9)13(3,4)8-15-10(2)16/h5-7H,8H2,1-4H3,(H,15,16). The Kier molecular flexibility index (Phi) is 4.14. The minimum atomic E-state index is -0.0560. The molecular weight excluding hydrogens is 266 g/mol. The van der Waals surface area contributed by atoms with Crippen molar-refractivity contribution in [2.24, 2.45) is 0 Å². The molecule has 0 saturated heterocycles. The molecule has 0 heterocycles. The number of aryl methyl sites for hydroxylation is 1. The molecule has 0 spiro atoms. The van der Waals surface area contributed by atoms with E-state index in [1.54, 1.807) is 6.92 Å². The van der Waals surface area contributed by atoms with Gasteiger partial charge < -0.3 is 5.32 Å². The topological polar surface area (TPSA) is 29.1 Å². The van der Waals surface area contributed by atoms with Crippen molar-refractivity contribution >= 4 is 21.8 Å². The second-order valence-electron chi connectivity index (χ2n) is 4.75. The third-order valence-electron chi connectivity index (χ3n) is 2.71. The number of benzene rings is 1. The van der Waals surface area contributed by atoms with Gasteiger partial charge in [0.1, 0.15) is 0 Å². The van der Waals surface area contributed by atoms with Crippen LogP contribution in [-0.4, -0.2) is 12.5 Å². The number of halogens is 1. The smallest absolute Gasteiger partial charge is 0.216 e. The largest absolute Gasteiger partial charge is 0.355 e. The van der Waals surface area contributed by atoms with Gasteiger partial charge in [0.15, 0.2) is 0 Å². The van der Waals surface area contributed by atoms with E-state index in [2.05, 4.69) is 54.2 Å². The Morgan fingerprint density at radius 1 is 1.44 bits per heavy atom. The highest BCUT2D eigenvalue weighted by Crippen LogP contribution is 2.28. The Balaban J connectivity index is 2.96. The van der Waals surface area contributed by atoms with Crippen molar-refractivity contribution < 1.29 is 4.79 Å². The number of carbonyl (C=O) groups is 1. The van der Waals surface area contributed by atoms with Crippen LogP contribution in [0.25, 0.3) is 0 Å². The second-order valence-corrected chi connectivity index (χ2v) is 5.67. The summed E-state index contributed by atoms with van der Waals surface area (Å²) in [5.41, 5.74) is 2.45. The Hall–Kier alpha value is -0.830. The molecule has 3 heteroatoms. The van der Waals surface area contributed by atoms with Crippen molar-refractivity contribution in [2.45, 2.75) is 33.1 Å². The zero-order valence-electron chi connectivity index (χ0n) is 10.2. The summed E-state index contributed by atoms with van der Waals surface area (Å²) in [6.07, 6.45) is 0. The van der Waals surface area contributed by atoms with Gasteiger partial charge in [-0.3, -0.25) is 4.79 Å². The molecule has 2 nitrogen and oxygen atoms in total. The molecule has 16 heavy (non-hydrogen) atoms. The molecule has 0 bridgehead atoms. The SMILES string of the molecule is CC(=O)NCC(C)(C)c1cc(Br)ccc1C. The molecule has 1 aromatic carbocycles. The minimum Gasteiger partial charge on any atom is -0.355 e. The lowest BCUT2D eigenvalue weighted by Crippen LogP contribution is -2.35. The van der Waals surface area contributed by atoms with E-state index in [1.165, 1.54) is 11.1 Å². The van der Waals surface area contributed by atoms with Gasteiger partial charge in [-0.15, -0.1) is 0 Å². The van der Waals surface area contributed by atoms with E-state index in [-0.39, 0.29) is 11.3 Å². The number of rotatable bonds is 3. The van der Waals surface area contributed by atoms with E-state index in [0.29, 0.717) is 6.54 Å². The van der Waals surface area contributed by atoms with Crippen LogP contribution < -0.4 is 5.32 Å². The summed E-state index contributed by atoms with van der Waals surface area (Å²) in [6.45, 7) is 8.57. The van der Waals surface area contributed by atoms with E-state index in [4.69, 9.17) is 0 Å². The highest BCUT2D eigenvalue weighted by atomic mass is 79.9. The Bertz CT molecular complexity index is 399. The van der Waals surface area contributed by atoms with Gasteiger partial charge in [0.2, 0.25) is 5.91 Å². The van der Waals surface area contributed by atoms with E-state index in [1.807, 2.05) is 6.07 Å². The average molecular weight is 284 g/mol. The van der Waals surface area contributed by atoms with Crippen LogP contribution in [0.1, 0.15) is 31.9 Å². The molecule has 1 rings (SSSR count). The zero-order chi connectivity index (χ0) is 12.3. The van der Waals surface area contributed by atoms with Gasteiger partial charge in [0.05, 0.1) is 0 Å². The van der Waals surface area contributed by atoms with Crippen molar-refractivity contribution in [3.8, 4) is 0 Å². The first-order chi connectivity index (χ1) is 7.33. The Morgan fingerprint density at radius 3 is 2.62 bits per heavy atom. The third kappa shape index (κ3) is 3.34. The molecule has 0 unspecified atom stereocenters. The van der Waals surface area contributed by atoms with Gasteiger partial charge >= 0.3 is 0 Å². The maximum Gasteiger partial charge on any atom is 0.216 e. The molecule has 0 atom stereocenters. The number of hydrogen-bond donors (Lipinski definition) is 1. The fourth-order valence-corrected chi connectivity index (χ4v) is 2.13. The fourth-order valence-electron chi connectivity index (χ4n) is 1.76. The van der Waals surface area contributed by atoms with Crippen molar-refractivity contribution in [2.75, 3.05) is 6.54 Å². The van der Waals surface area contributed by atoms with Crippen LogP contribution in [0.3, 0.4) is 0 Å². The minimum absolute atomic E-state index is 0.0146. The zero-order valence-corrected chi connectivity index (χ0v) is 11.8. The molecule has 0 aliphatic carbocycles. The molecule has 88 valence electrons. The number of hydrogen-bond acceptors (Lipinski definition) is 1. The third-order valence-corrected chi connectivity index (χ3v) is 3.20. The lowest BCUT2D eigenvalue weighted by molar-refractivity contribution is -0.119. The Labute approximate surface area is 106 Å². The number of amides is 1. The van der Waals surface area contributed by atoms with Crippen molar-refractivity contribution in [1.82, 2.24) is 5.32 Å². The highest BCUT2D eigenvalue weighted by molar-refractivity contribution is 9.10. The molecule has 1 amide bonds. The number of nitrogens with one attached hydrogen (secondary N) is 1. The van der Waals surface area contributed by atoms with Crippen LogP contribution in [0.2, 0.25) is 0 Å². The summed E-state index contributed by atoms with van der Waals surface area (Å²) in [7, 11) is 0. The van der Waals surface area contributed by atoms with E-state index in [0.717, 1.165) is 4.47 Å². The predicted molar refractivity (Wildman–Crippen MR) is 70.6 cm³/mol. The summed E-state index contributed by atoms with van der Waals surface area (Å²) < 4.78 is 1.07. The molecule has 0 aliphatic rings. The predicted octanol–water partition coefficient (Wildman–Crippen LogP) is 3.17. The second kappa shape index (κ2) is 5.00. The molecule has 1 aromatic rings. The van der Waals surface area contributed by atoms with Crippen molar-refractivity contribution in [1.29, 1.82) is 0 Å². The van der Waals surface area contributed by atoms with Crippen LogP contribution in [-0.2, 0) is 10.2 Å². The maximum absolute atomic E-state index is 11.0. The van der Waals surface area contributed by atoms with Crippen LogP contribution in [0.4, 0.5) is 0 Å². The van der Waals surface area contributed by atoms with Gasteiger partial charge in [0, 0.05) is 23.4 Å². The summed E-state index contributed by atoms with van der Waals surface area (Å²) in [5.74, 6) is 0.0146. The molecule has 0 radical (unpaired) electrons. The highest BCUT2D eigenvalue weighted by Gasteiger charge is 2.22. The van der Waals surface area contributed by atoms with Gasteiger partial charge in [-0.2, -0.15) is 0 Å². The van der Waals surface area contributed by atoms with Gasteiger partial charge in [0.25, 0.3) is 0 Å². The van der Waals surface area contributed by atoms with E-state index in [9.17, 15) is 4.79 Å². The summed E-state index contributed by atoms with van der Waals surface area (Å²) in [4.78, 5) is 11.0. The summed E-state index contributed by atoms with van der Waals surface area (Å²) >= 11 is 3.48. The quantitative estimate of drug-likeness (QED) is 0.907. The van der Waals surface area contributed by atoms with Gasteiger partial charge in [-0.25, -0.2) is 0 Å².